The van der Waals surface area contributed by atoms with Gasteiger partial charge in [-0.25, -0.2) is 13.2 Å². The van der Waals surface area contributed by atoms with E-state index in [1.54, 1.807) is 25.1 Å². The Labute approximate surface area is 150 Å². The number of sulfonamides is 1. The molecule has 0 aliphatic heterocycles. The first-order chi connectivity index (χ1) is 12.2. The van der Waals surface area contributed by atoms with Crippen molar-refractivity contribution in [3.8, 4) is 11.1 Å². The summed E-state index contributed by atoms with van der Waals surface area (Å²) in [7, 11) is -3.95. The molecule has 0 amide bonds. The number of nitrogens with one attached hydrogen (secondary N) is 1. The number of benzene rings is 1. The Hall–Kier alpha value is -2.78. The molecule has 0 saturated heterocycles. The Morgan fingerprint density at radius 2 is 1.85 bits per heavy atom. The van der Waals surface area contributed by atoms with E-state index < -0.39 is 28.0 Å². The van der Waals surface area contributed by atoms with Gasteiger partial charge in [0.25, 0.3) is 0 Å². The first-order valence-electron chi connectivity index (χ1n) is 7.72. The molecule has 0 radical (unpaired) electrons. The molecule has 26 heavy (non-hydrogen) atoms. The van der Waals surface area contributed by atoms with Crippen LogP contribution < -0.4 is 4.72 Å². The lowest BCUT2D eigenvalue weighted by molar-refractivity contribution is -0.138. The van der Waals surface area contributed by atoms with Gasteiger partial charge in [0.2, 0.25) is 10.0 Å². The molecule has 2 N–H and O–H groups in total. The third kappa shape index (κ3) is 4.64. The van der Waals surface area contributed by atoms with Crippen molar-refractivity contribution in [2.24, 2.45) is 0 Å². The molecule has 0 aliphatic rings. The highest BCUT2D eigenvalue weighted by molar-refractivity contribution is 7.89. The fraction of sp³-hybridized carbons (Fsp3) is 0.235. The van der Waals surface area contributed by atoms with E-state index in [0.717, 1.165) is 0 Å². The molecule has 1 aromatic heterocycles. The highest BCUT2D eigenvalue weighted by Gasteiger charge is 2.21. The van der Waals surface area contributed by atoms with Crippen molar-refractivity contribution in [3.63, 3.8) is 0 Å². The van der Waals surface area contributed by atoms with Crippen molar-refractivity contribution >= 4 is 22.0 Å². The molecule has 1 aromatic carbocycles. The number of aliphatic carboxylic acids is 1. The lowest BCUT2D eigenvalue weighted by Crippen LogP contribution is -2.38. The Balaban J connectivity index is 2.26. The molecule has 0 spiro atoms. The number of rotatable bonds is 7. The number of esters is 1. The number of carboxylic acid groups (broad SMARTS) is 1. The average molecular weight is 378 g/mol. The molecule has 0 saturated carbocycles. The Morgan fingerprint density at radius 1 is 1.19 bits per heavy atom. The van der Waals surface area contributed by atoms with Gasteiger partial charge in [-0.05, 0) is 37.6 Å². The number of pyridine rings is 1. The molecule has 9 heteroatoms. The number of hydrogen-bond acceptors (Lipinski definition) is 6. The smallest absolute Gasteiger partial charge is 0.339 e. The number of carboxylic acids is 1. The van der Waals surface area contributed by atoms with Crippen LogP contribution in [0.3, 0.4) is 0 Å². The third-order valence-electron chi connectivity index (χ3n) is 3.45. The van der Waals surface area contributed by atoms with Crippen molar-refractivity contribution < 1.29 is 27.9 Å². The van der Waals surface area contributed by atoms with Crippen molar-refractivity contribution in [2.45, 2.75) is 24.8 Å². The van der Waals surface area contributed by atoms with E-state index in [1.165, 1.54) is 31.5 Å². The summed E-state index contributed by atoms with van der Waals surface area (Å²) < 4.78 is 31.3. The lowest BCUT2D eigenvalue weighted by Gasteiger charge is -2.11. The molecule has 1 unspecified atom stereocenters. The van der Waals surface area contributed by atoms with Crippen LogP contribution in [0, 0.1) is 0 Å². The van der Waals surface area contributed by atoms with E-state index in [2.05, 4.69) is 9.71 Å². The number of hydrogen-bond donors (Lipinski definition) is 2. The topological polar surface area (TPSA) is 123 Å². The second-order valence-corrected chi connectivity index (χ2v) is 7.10. The monoisotopic (exact) mass is 378 g/mol. The molecule has 0 fully saturated rings. The molecule has 0 aliphatic carbocycles. The first kappa shape index (κ1) is 19.5. The zero-order chi connectivity index (χ0) is 19.3. The zero-order valence-corrected chi connectivity index (χ0v) is 15.0. The molecular weight excluding hydrogens is 360 g/mol. The fourth-order valence-electron chi connectivity index (χ4n) is 2.10. The molecule has 138 valence electrons. The minimum absolute atomic E-state index is 0.0659. The molecular formula is C17H18N2O6S. The van der Waals surface area contributed by atoms with Gasteiger partial charge in [-0.2, -0.15) is 4.72 Å². The van der Waals surface area contributed by atoms with Crippen molar-refractivity contribution in [1.82, 2.24) is 9.71 Å². The largest absolute Gasteiger partial charge is 0.480 e. The fourth-order valence-corrected chi connectivity index (χ4v) is 3.30. The molecule has 2 rings (SSSR count). The third-order valence-corrected chi connectivity index (χ3v) is 5.01. The maximum Gasteiger partial charge on any atom is 0.339 e. The molecule has 1 atom stereocenters. The second-order valence-electron chi connectivity index (χ2n) is 5.39. The Kier molecular flexibility index (Phi) is 6.06. The van der Waals surface area contributed by atoms with Gasteiger partial charge in [0, 0.05) is 18.0 Å². The van der Waals surface area contributed by atoms with E-state index in [9.17, 15) is 18.0 Å². The van der Waals surface area contributed by atoms with Crippen LogP contribution in [0.15, 0.2) is 47.6 Å². The summed E-state index contributed by atoms with van der Waals surface area (Å²) in [5.41, 5.74) is 1.55. The summed E-state index contributed by atoms with van der Waals surface area (Å²) >= 11 is 0. The van der Waals surface area contributed by atoms with E-state index in [-0.39, 0.29) is 17.1 Å². The summed E-state index contributed by atoms with van der Waals surface area (Å²) in [5.74, 6) is -1.76. The highest BCUT2D eigenvalue weighted by Crippen LogP contribution is 2.22. The summed E-state index contributed by atoms with van der Waals surface area (Å²) in [4.78, 5) is 26.5. The van der Waals surface area contributed by atoms with Gasteiger partial charge in [0.15, 0.2) is 0 Å². The second kappa shape index (κ2) is 8.07. The van der Waals surface area contributed by atoms with Gasteiger partial charge in [-0.3, -0.25) is 9.78 Å². The van der Waals surface area contributed by atoms with Crippen LogP contribution in [0.1, 0.15) is 24.2 Å². The summed E-state index contributed by atoms with van der Waals surface area (Å²) in [5, 5.41) is 8.82. The molecule has 2 aromatic rings. The van der Waals surface area contributed by atoms with Crippen molar-refractivity contribution in [1.29, 1.82) is 0 Å². The van der Waals surface area contributed by atoms with Gasteiger partial charge in [0.1, 0.15) is 6.04 Å². The maximum atomic E-state index is 12.2. The van der Waals surface area contributed by atoms with Gasteiger partial charge in [-0.1, -0.05) is 12.1 Å². The highest BCUT2D eigenvalue weighted by atomic mass is 32.2. The van der Waals surface area contributed by atoms with Crippen molar-refractivity contribution in [2.75, 3.05) is 6.61 Å². The molecule has 1 heterocycles. The van der Waals surface area contributed by atoms with E-state index >= 15 is 0 Å². The van der Waals surface area contributed by atoms with Crippen LogP contribution in [0.5, 0.6) is 0 Å². The lowest BCUT2D eigenvalue weighted by atomic mass is 10.1. The van der Waals surface area contributed by atoms with Crippen LogP contribution in [-0.4, -0.2) is 43.1 Å². The minimum atomic E-state index is -3.95. The van der Waals surface area contributed by atoms with E-state index in [1.807, 2.05) is 0 Å². The van der Waals surface area contributed by atoms with Crippen LogP contribution in [0.2, 0.25) is 0 Å². The van der Waals surface area contributed by atoms with E-state index in [0.29, 0.717) is 11.1 Å². The van der Waals surface area contributed by atoms with E-state index in [4.69, 9.17) is 9.84 Å². The number of ether oxygens (including phenoxy) is 1. The minimum Gasteiger partial charge on any atom is -0.480 e. The van der Waals surface area contributed by atoms with Gasteiger partial charge < -0.3 is 9.84 Å². The van der Waals surface area contributed by atoms with Crippen LogP contribution in [-0.2, 0) is 19.6 Å². The number of nitrogens with zero attached hydrogens (tertiary/aromatic N) is 1. The summed E-state index contributed by atoms with van der Waals surface area (Å²) in [6.45, 7) is 3.19. The van der Waals surface area contributed by atoms with Gasteiger partial charge >= 0.3 is 11.9 Å². The SMILES string of the molecule is CCOC(=O)c1cncc(-c2ccc(S(=O)(=O)NC(C)C(=O)O)cc2)c1. The summed E-state index contributed by atoms with van der Waals surface area (Å²) in [6.07, 6.45) is 2.93. The Bertz CT molecular complexity index is 909. The summed E-state index contributed by atoms with van der Waals surface area (Å²) in [6, 6.07) is 6.15. The molecule has 8 nitrogen and oxygen atoms in total. The zero-order valence-electron chi connectivity index (χ0n) is 14.2. The molecule has 0 bridgehead atoms. The maximum absolute atomic E-state index is 12.2. The predicted molar refractivity (Wildman–Crippen MR) is 93.0 cm³/mol. The quantitative estimate of drug-likeness (QED) is 0.703. The van der Waals surface area contributed by atoms with Crippen LogP contribution >= 0.6 is 0 Å². The number of carbonyl (C=O) groups is 2. The van der Waals surface area contributed by atoms with Crippen LogP contribution in [0.25, 0.3) is 11.1 Å². The first-order valence-corrected chi connectivity index (χ1v) is 9.20. The number of aromatic nitrogens is 1. The standard InChI is InChI=1S/C17H18N2O6S/c1-3-25-17(22)14-8-13(9-18-10-14)12-4-6-15(7-5-12)26(23,24)19-11(2)16(20)21/h4-11,19H,3H2,1-2H3,(H,20,21). The predicted octanol–water partition coefficient (Wildman–Crippen LogP) is 1.68. The van der Waals surface area contributed by atoms with Gasteiger partial charge in [-0.15, -0.1) is 0 Å². The average Bonchev–Trinajstić information content (AvgIpc) is 2.61. The normalized spacial score (nSPS) is 12.4. The Morgan fingerprint density at radius 3 is 2.42 bits per heavy atom. The number of carbonyl (C=O) groups excluding carboxylic acids is 1. The van der Waals surface area contributed by atoms with Crippen molar-refractivity contribution in [3.05, 3.63) is 48.3 Å². The van der Waals surface area contributed by atoms with Crippen LogP contribution in [0.4, 0.5) is 0 Å². The van der Waals surface area contributed by atoms with Gasteiger partial charge in [0.05, 0.1) is 17.1 Å².